The van der Waals surface area contributed by atoms with Crippen LogP contribution in [0.1, 0.15) is 32.3 Å². The van der Waals surface area contributed by atoms with Crippen molar-refractivity contribution in [1.29, 1.82) is 0 Å². The van der Waals surface area contributed by atoms with Crippen LogP contribution in [0.25, 0.3) is 0 Å². The number of nitrogens with one attached hydrogen (secondary N) is 2. The summed E-state index contributed by atoms with van der Waals surface area (Å²) in [6, 6.07) is 9.36. The van der Waals surface area contributed by atoms with Crippen LogP contribution in [-0.4, -0.2) is 87.4 Å². The zero-order valence-electron chi connectivity index (χ0n) is 18.9. The molecule has 2 saturated heterocycles. The highest BCUT2D eigenvalue weighted by molar-refractivity contribution is 5.80. The van der Waals surface area contributed by atoms with Crippen LogP contribution in [0, 0.1) is 0 Å². The van der Waals surface area contributed by atoms with E-state index in [-0.39, 0.29) is 0 Å². The number of aliphatic imine (C=N–C) groups is 1. The van der Waals surface area contributed by atoms with Gasteiger partial charge in [-0.15, -0.1) is 0 Å². The van der Waals surface area contributed by atoms with Crippen molar-refractivity contribution >= 4 is 5.96 Å². The van der Waals surface area contributed by atoms with Gasteiger partial charge in [0.2, 0.25) is 0 Å². The van der Waals surface area contributed by atoms with E-state index in [1.54, 1.807) is 0 Å². The van der Waals surface area contributed by atoms with Gasteiger partial charge in [-0.3, -0.25) is 9.89 Å². The Labute approximate surface area is 181 Å². The molecule has 0 saturated carbocycles. The first-order valence-corrected chi connectivity index (χ1v) is 11.4. The maximum Gasteiger partial charge on any atom is 0.191 e. The number of ether oxygens (including phenoxy) is 2. The summed E-state index contributed by atoms with van der Waals surface area (Å²) in [6.07, 6.45) is 2.31. The van der Waals surface area contributed by atoms with E-state index < -0.39 is 0 Å². The first-order valence-electron chi connectivity index (χ1n) is 11.4. The van der Waals surface area contributed by atoms with Crippen LogP contribution in [0.5, 0.6) is 5.75 Å². The topological polar surface area (TPSA) is 61.4 Å². The summed E-state index contributed by atoms with van der Waals surface area (Å²) in [5.41, 5.74) is 1.15. The molecule has 0 atom stereocenters. The van der Waals surface area contributed by atoms with Crippen molar-refractivity contribution < 1.29 is 9.47 Å². The van der Waals surface area contributed by atoms with Crippen molar-refractivity contribution in [3.63, 3.8) is 0 Å². The molecule has 0 radical (unpaired) electrons. The normalized spacial score (nSPS) is 19.8. The van der Waals surface area contributed by atoms with Gasteiger partial charge in [0.15, 0.2) is 5.96 Å². The predicted octanol–water partition coefficient (Wildman–Crippen LogP) is 1.94. The van der Waals surface area contributed by atoms with E-state index in [1.165, 1.54) is 0 Å². The van der Waals surface area contributed by atoms with Crippen LogP contribution in [0.3, 0.4) is 0 Å². The summed E-state index contributed by atoms with van der Waals surface area (Å²) in [4.78, 5) is 9.36. The molecule has 0 aliphatic carbocycles. The van der Waals surface area contributed by atoms with Crippen molar-refractivity contribution in [3.05, 3.63) is 29.8 Å². The Hall–Kier alpha value is -1.83. The van der Waals surface area contributed by atoms with E-state index in [9.17, 15) is 0 Å². The minimum absolute atomic E-state index is 0.478. The molecule has 7 nitrogen and oxygen atoms in total. The molecule has 168 valence electrons. The Balaban J connectivity index is 1.43. The van der Waals surface area contributed by atoms with Crippen molar-refractivity contribution in [3.8, 4) is 5.75 Å². The highest BCUT2D eigenvalue weighted by Crippen LogP contribution is 2.18. The number of nitrogens with zero attached hydrogens (tertiary/aromatic N) is 3. The summed E-state index contributed by atoms with van der Waals surface area (Å²) < 4.78 is 11.5. The van der Waals surface area contributed by atoms with Crippen LogP contribution >= 0.6 is 0 Å². The van der Waals surface area contributed by atoms with Crippen LogP contribution < -0.4 is 15.4 Å². The molecule has 2 aliphatic rings. The van der Waals surface area contributed by atoms with Gasteiger partial charge < -0.3 is 25.0 Å². The highest BCUT2D eigenvalue weighted by Gasteiger charge is 2.21. The zero-order valence-corrected chi connectivity index (χ0v) is 18.9. The number of piperidine rings is 1. The number of guanidine groups is 1. The Bertz CT molecular complexity index is 653. The SMILES string of the molecule is CN=C(NCc1ccccc1OCCN1CCOCC1)NC1CCN(C(C)C)CC1. The molecule has 0 unspecified atom stereocenters. The van der Waals surface area contributed by atoms with E-state index in [2.05, 4.69) is 51.4 Å². The standard InChI is InChI=1S/C23H39N5O2/c1-19(2)28-10-8-21(9-11-28)26-23(24-3)25-18-20-6-4-5-7-22(20)30-17-14-27-12-15-29-16-13-27/h4-7,19,21H,8-18H2,1-3H3,(H2,24,25,26). The van der Waals surface area contributed by atoms with Gasteiger partial charge in [0, 0.05) is 64.0 Å². The smallest absolute Gasteiger partial charge is 0.191 e. The second kappa shape index (κ2) is 12.1. The summed E-state index contributed by atoms with van der Waals surface area (Å²) in [5.74, 6) is 1.81. The number of rotatable bonds is 8. The van der Waals surface area contributed by atoms with E-state index in [1.807, 2.05) is 19.2 Å². The van der Waals surface area contributed by atoms with Gasteiger partial charge in [-0.25, -0.2) is 0 Å². The largest absolute Gasteiger partial charge is 0.492 e. The number of morpholine rings is 1. The van der Waals surface area contributed by atoms with Gasteiger partial charge in [0.25, 0.3) is 0 Å². The predicted molar refractivity (Wildman–Crippen MR) is 122 cm³/mol. The Morgan fingerprint density at radius 1 is 1.17 bits per heavy atom. The van der Waals surface area contributed by atoms with E-state index in [0.29, 0.717) is 25.2 Å². The lowest BCUT2D eigenvalue weighted by atomic mass is 10.0. The fraction of sp³-hybridized carbons (Fsp3) is 0.696. The maximum absolute atomic E-state index is 6.10. The zero-order chi connectivity index (χ0) is 21.2. The molecule has 2 fully saturated rings. The van der Waals surface area contributed by atoms with Gasteiger partial charge in [-0.05, 0) is 32.8 Å². The Morgan fingerprint density at radius 3 is 2.60 bits per heavy atom. The maximum atomic E-state index is 6.10. The Morgan fingerprint density at radius 2 is 1.90 bits per heavy atom. The van der Waals surface area contributed by atoms with Crippen LogP contribution in [0.15, 0.2) is 29.3 Å². The molecule has 30 heavy (non-hydrogen) atoms. The average Bonchev–Trinajstić information content (AvgIpc) is 2.78. The third-order valence-electron chi connectivity index (χ3n) is 6.01. The van der Waals surface area contributed by atoms with E-state index >= 15 is 0 Å². The lowest BCUT2D eigenvalue weighted by Gasteiger charge is -2.35. The second-order valence-electron chi connectivity index (χ2n) is 8.38. The summed E-state index contributed by atoms with van der Waals surface area (Å²) in [6.45, 7) is 12.8. The first kappa shape index (κ1) is 22.8. The fourth-order valence-corrected chi connectivity index (χ4v) is 4.03. The molecular weight excluding hydrogens is 378 g/mol. The van der Waals surface area contributed by atoms with Gasteiger partial charge in [0.1, 0.15) is 12.4 Å². The van der Waals surface area contributed by atoms with Gasteiger partial charge in [0.05, 0.1) is 13.2 Å². The molecular formula is C23H39N5O2. The second-order valence-corrected chi connectivity index (χ2v) is 8.38. The quantitative estimate of drug-likeness (QED) is 0.498. The summed E-state index contributed by atoms with van der Waals surface area (Å²) in [5, 5.41) is 7.06. The van der Waals surface area contributed by atoms with Crippen molar-refractivity contribution in [2.75, 3.05) is 59.6 Å². The summed E-state index contributed by atoms with van der Waals surface area (Å²) >= 11 is 0. The summed E-state index contributed by atoms with van der Waals surface area (Å²) in [7, 11) is 1.84. The lowest BCUT2D eigenvalue weighted by Crippen LogP contribution is -2.49. The van der Waals surface area contributed by atoms with Gasteiger partial charge in [-0.2, -0.15) is 0 Å². The van der Waals surface area contributed by atoms with E-state index in [0.717, 1.165) is 76.1 Å². The molecule has 2 heterocycles. The van der Waals surface area contributed by atoms with E-state index in [4.69, 9.17) is 9.47 Å². The van der Waals surface area contributed by atoms with Crippen molar-refractivity contribution in [2.45, 2.75) is 45.3 Å². The molecule has 3 rings (SSSR count). The number of benzene rings is 1. The van der Waals surface area contributed by atoms with Crippen molar-refractivity contribution in [2.24, 2.45) is 4.99 Å². The third kappa shape index (κ3) is 7.15. The van der Waals surface area contributed by atoms with Gasteiger partial charge >= 0.3 is 0 Å². The molecule has 0 bridgehead atoms. The minimum Gasteiger partial charge on any atom is -0.492 e. The monoisotopic (exact) mass is 417 g/mol. The lowest BCUT2D eigenvalue weighted by molar-refractivity contribution is 0.0322. The highest BCUT2D eigenvalue weighted by atomic mass is 16.5. The molecule has 1 aromatic rings. The van der Waals surface area contributed by atoms with Crippen LogP contribution in [-0.2, 0) is 11.3 Å². The van der Waals surface area contributed by atoms with Crippen molar-refractivity contribution in [1.82, 2.24) is 20.4 Å². The molecule has 0 aromatic heterocycles. The number of hydrogen-bond donors (Lipinski definition) is 2. The Kier molecular flexibility index (Phi) is 9.24. The average molecular weight is 418 g/mol. The molecule has 1 aromatic carbocycles. The third-order valence-corrected chi connectivity index (χ3v) is 6.01. The molecule has 0 spiro atoms. The minimum atomic E-state index is 0.478. The number of para-hydroxylation sites is 1. The van der Waals surface area contributed by atoms with Crippen LogP contribution in [0.4, 0.5) is 0 Å². The number of likely N-dealkylation sites (tertiary alicyclic amines) is 1. The number of hydrogen-bond acceptors (Lipinski definition) is 5. The molecule has 7 heteroatoms. The molecule has 2 N–H and O–H groups in total. The van der Waals surface area contributed by atoms with Crippen LogP contribution in [0.2, 0.25) is 0 Å². The fourth-order valence-electron chi connectivity index (χ4n) is 4.03. The molecule has 2 aliphatic heterocycles. The first-order chi connectivity index (χ1) is 14.7. The molecule has 0 amide bonds. The van der Waals surface area contributed by atoms with Gasteiger partial charge in [-0.1, -0.05) is 18.2 Å².